The van der Waals surface area contributed by atoms with Crippen molar-refractivity contribution in [2.45, 2.75) is 20.3 Å². The van der Waals surface area contributed by atoms with Gasteiger partial charge in [-0.25, -0.2) is 4.98 Å². The summed E-state index contributed by atoms with van der Waals surface area (Å²) in [6, 6.07) is 3.90. The second-order valence-electron chi connectivity index (χ2n) is 3.58. The van der Waals surface area contributed by atoms with E-state index in [2.05, 4.69) is 24.0 Å². The molecule has 0 saturated heterocycles. The maximum Gasteiger partial charge on any atom is 0.257 e. The highest BCUT2D eigenvalue weighted by atomic mass is 16.5. The molecular formula is C10H12N2O. The number of aromatic nitrogens is 2. The molecule has 2 heterocycles. The maximum atomic E-state index is 5.09. The molecule has 2 aromatic heterocycles. The summed E-state index contributed by atoms with van der Waals surface area (Å²) in [5.41, 5.74) is 1.65. The molecule has 13 heavy (non-hydrogen) atoms. The minimum absolute atomic E-state index is 0.591. The second kappa shape index (κ2) is 3.17. The van der Waals surface area contributed by atoms with Crippen LogP contribution >= 0.6 is 0 Å². The highest BCUT2D eigenvalue weighted by Crippen LogP contribution is 2.18. The Hall–Kier alpha value is -1.38. The van der Waals surface area contributed by atoms with Crippen molar-refractivity contribution in [1.29, 1.82) is 0 Å². The molecule has 3 heteroatoms. The molecule has 0 bridgehead atoms. The molecule has 0 aliphatic carbocycles. The van der Waals surface area contributed by atoms with Crippen LogP contribution < -0.4 is 0 Å². The Morgan fingerprint density at radius 3 is 3.08 bits per heavy atom. The van der Waals surface area contributed by atoms with Crippen LogP contribution in [0.5, 0.6) is 0 Å². The quantitative estimate of drug-likeness (QED) is 0.705. The Morgan fingerprint density at radius 2 is 2.31 bits per heavy atom. The smallest absolute Gasteiger partial charge is 0.257 e. The van der Waals surface area contributed by atoms with Crippen molar-refractivity contribution in [3.05, 3.63) is 24.0 Å². The molecule has 0 aliphatic rings. The van der Waals surface area contributed by atoms with E-state index in [1.54, 1.807) is 6.20 Å². The first-order valence-electron chi connectivity index (χ1n) is 4.46. The van der Waals surface area contributed by atoms with Crippen LogP contribution in [0.4, 0.5) is 0 Å². The van der Waals surface area contributed by atoms with Gasteiger partial charge in [0, 0.05) is 6.20 Å². The van der Waals surface area contributed by atoms with E-state index in [-0.39, 0.29) is 0 Å². The van der Waals surface area contributed by atoms with Crippen molar-refractivity contribution in [3.63, 3.8) is 0 Å². The van der Waals surface area contributed by atoms with E-state index < -0.39 is 0 Å². The topological polar surface area (TPSA) is 38.9 Å². The normalized spacial score (nSPS) is 11.3. The Balaban J connectivity index is 2.46. The van der Waals surface area contributed by atoms with Crippen molar-refractivity contribution >= 4 is 11.1 Å². The molecule has 0 amide bonds. The van der Waals surface area contributed by atoms with Gasteiger partial charge in [0.25, 0.3) is 5.71 Å². The Morgan fingerprint density at radius 1 is 1.46 bits per heavy atom. The Labute approximate surface area is 76.8 Å². The van der Waals surface area contributed by atoms with Crippen LogP contribution in [0.25, 0.3) is 11.1 Å². The van der Waals surface area contributed by atoms with Crippen LogP contribution in [-0.4, -0.2) is 10.1 Å². The molecule has 0 N–H and O–H groups in total. The van der Waals surface area contributed by atoms with Gasteiger partial charge in [-0.1, -0.05) is 19.0 Å². The summed E-state index contributed by atoms with van der Waals surface area (Å²) >= 11 is 0. The van der Waals surface area contributed by atoms with Crippen LogP contribution in [0, 0.1) is 5.92 Å². The molecule has 0 saturated carbocycles. The van der Waals surface area contributed by atoms with Crippen LogP contribution in [0.1, 0.15) is 19.5 Å². The first-order valence-corrected chi connectivity index (χ1v) is 4.46. The first-order chi connectivity index (χ1) is 6.27. The van der Waals surface area contributed by atoms with Crippen molar-refractivity contribution < 1.29 is 4.52 Å². The highest BCUT2D eigenvalue weighted by molar-refractivity contribution is 5.75. The summed E-state index contributed by atoms with van der Waals surface area (Å²) in [7, 11) is 0. The number of nitrogens with zero attached hydrogens (tertiary/aromatic N) is 2. The fourth-order valence-electron chi connectivity index (χ4n) is 1.36. The van der Waals surface area contributed by atoms with Gasteiger partial charge in [-0.2, -0.15) is 0 Å². The second-order valence-corrected chi connectivity index (χ2v) is 3.58. The van der Waals surface area contributed by atoms with Gasteiger partial charge in [-0.05, 0) is 24.5 Å². The van der Waals surface area contributed by atoms with Gasteiger partial charge in [0.1, 0.15) is 0 Å². The van der Waals surface area contributed by atoms with E-state index in [9.17, 15) is 0 Å². The van der Waals surface area contributed by atoms with Crippen LogP contribution in [0.2, 0.25) is 0 Å². The number of hydrogen-bond acceptors (Lipinski definition) is 3. The van der Waals surface area contributed by atoms with Crippen molar-refractivity contribution in [3.8, 4) is 0 Å². The van der Waals surface area contributed by atoms with Gasteiger partial charge in [0.2, 0.25) is 0 Å². The molecule has 0 radical (unpaired) electrons. The SMILES string of the molecule is CC(C)Cc1noc2ncccc12. The van der Waals surface area contributed by atoms with Gasteiger partial charge in [-0.15, -0.1) is 0 Å². The predicted molar refractivity (Wildman–Crippen MR) is 50.3 cm³/mol. The van der Waals surface area contributed by atoms with Crippen LogP contribution in [0.3, 0.4) is 0 Å². The molecule has 2 aromatic rings. The molecule has 3 nitrogen and oxygen atoms in total. The van der Waals surface area contributed by atoms with Crippen LogP contribution in [0.15, 0.2) is 22.9 Å². The Bertz CT molecular complexity index is 406. The van der Waals surface area contributed by atoms with Gasteiger partial charge in [0.05, 0.1) is 11.1 Å². The lowest BCUT2D eigenvalue weighted by atomic mass is 10.1. The summed E-state index contributed by atoms with van der Waals surface area (Å²) in [6.45, 7) is 4.33. The van der Waals surface area contributed by atoms with E-state index >= 15 is 0 Å². The Kier molecular flexibility index (Phi) is 2.00. The summed E-state index contributed by atoms with van der Waals surface area (Å²) < 4.78 is 5.09. The number of pyridine rings is 1. The maximum absolute atomic E-state index is 5.09. The minimum atomic E-state index is 0.591. The van der Waals surface area contributed by atoms with Gasteiger partial charge in [-0.3, -0.25) is 0 Å². The number of rotatable bonds is 2. The third-order valence-electron chi connectivity index (χ3n) is 1.93. The number of fused-ring (bicyclic) bond motifs is 1. The molecule has 0 fully saturated rings. The number of hydrogen-bond donors (Lipinski definition) is 0. The molecule has 2 rings (SSSR count). The summed E-state index contributed by atoms with van der Waals surface area (Å²) in [6.07, 6.45) is 2.66. The molecule has 0 spiro atoms. The third kappa shape index (κ3) is 1.54. The van der Waals surface area contributed by atoms with Gasteiger partial charge < -0.3 is 4.52 Å². The molecule has 0 unspecified atom stereocenters. The van der Waals surface area contributed by atoms with E-state index in [1.165, 1.54) is 0 Å². The zero-order valence-corrected chi connectivity index (χ0v) is 7.82. The summed E-state index contributed by atoms with van der Waals surface area (Å²) in [4.78, 5) is 4.08. The molecule has 0 aromatic carbocycles. The van der Waals surface area contributed by atoms with Gasteiger partial charge in [0.15, 0.2) is 0 Å². The standard InChI is InChI=1S/C10H12N2O/c1-7(2)6-9-8-4-3-5-11-10(8)13-12-9/h3-5,7H,6H2,1-2H3. The molecule has 68 valence electrons. The first kappa shape index (κ1) is 8.23. The highest BCUT2D eigenvalue weighted by Gasteiger charge is 2.09. The monoisotopic (exact) mass is 176 g/mol. The average molecular weight is 176 g/mol. The lowest BCUT2D eigenvalue weighted by Crippen LogP contribution is -1.94. The zero-order valence-electron chi connectivity index (χ0n) is 7.82. The van der Waals surface area contributed by atoms with Crippen molar-refractivity contribution in [2.24, 2.45) is 5.92 Å². The lowest BCUT2D eigenvalue weighted by molar-refractivity contribution is 0.432. The van der Waals surface area contributed by atoms with Crippen LogP contribution in [-0.2, 0) is 6.42 Å². The minimum Gasteiger partial charge on any atom is -0.336 e. The molecule has 0 atom stereocenters. The summed E-state index contributed by atoms with van der Waals surface area (Å²) in [5, 5.41) is 5.04. The third-order valence-corrected chi connectivity index (χ3v) is 1.93. The van der Waals surface area contributed by atoms with E-state index in [0.29, 0.717) is 11.6 Å². The lowest BCUT2D eigenvalue weighted by Gasteiger charge is -1.98. The predicted octanol–water partition coefficient (Wildman–Crippen LogP) is 2.42. The molecular weight excluding hydrogens is 164 g/mol. The van der Waals surface area contributed by atoms with E-state index in [4.69, 9.17) is 4.52 Å². The largest absolute Gasteiger partial charge is 0.336 e. The van der Waals surface area contributed by atoms with Crippen molar-refractivity contribution in [2.75, 3.05) is 0 Å². The fraction of sp³-hybridized carbons (Fsp3) is 0.400. The zero-order chi connectivity index (χ0) is 9.26. The van der Waals surface area contributed by atoms with E-state index in [1.807, 2.05) is 12.1 Å². The summed E-state index contributed by atoms with van der Waals surface area (Å²) in [5.74, 6) is 0.591. The van der Waals surface area contributed by atoms with Gasteiger partial charge >= 0.3 is 0 Å². The fourth-order valence-corrected chi connectivity index (χ4v) is 1.36. The van der Waals surface area contributed by atoms with Crippen molar-refractivity contribution in [1.82, 2.24) is 10.1 Å². The average Bonchev–Trinajstić information content (AvgIpc) is 2.48. The molecule has 0 aliphatic heterocycles. The van der Waals surface area contributed by atoms with E-state index in [0.717, 1.165) is 17.5 Å².